The zero-order chi connectivity index (χ0) is 11.5. The van der Waals surface area contributed by atoms with Gasteiger partial charge in [-0.05, 0) is 25.0 Å². The van der Waals surface area contributed by atoms with Crippen LogP contribution in [0.1, 0.15) is 43.7 Å². The first-order valence-corrected chi connectivity index (χ1v) is 7.17. The van der Waals surface area contributed by atoms with E-state index >= 15 is 0 Å². The second-order valence-electron chi connectivity index (χ2n) is 4.65. The summed E-state index contributed by atoms with van der Waals surface area (Å²) in [5.41, 5.74) is 2.49. The average molecular weight is 244 g/mol. The van der Waals surface area contributed by atoms with Gasteiger partial charge in [0.15, 0.2) is 0 Å². The SMILES string of the molecule is c1cc(-c2nc(C3CCCCC3)cs2)ccn1. The van der Waals surface area contributed by atoms with Gasteiger partial charge < -0.3 is 0 Å². The summed E-state index contributed by atoms with van der Waals surface area (Å²) in [7, 11) is 0. The molecule has 1 saturated carbocycles. The van der Waals surface area contributed by atoms with Crippen molar-refractivity contribution in [1.82, 2.24) is 9.97 Å². The molecule has 0 aromatic carbocycles. The van der Waals surface area contributed by atoms with Gasteiger partial charge in [0, 0.05) is 29.3 Å². The molecular formula is C14H16N2S. The fraction of sp³-hybridized carbons (Fsp3) is 0.429. The first kappa shape index (κ1) is 10.9. The highest BCUT2D eigenvalue weighted by Crippen LogP contribution is 2.34. The number of pyridine rings is 1. The molecule has 2 aromatic rings. The molecule has 3 heteroatoms. The van der Waals surface area contributed by atoms with Crippen molar-refractivity contribution in [1.29, 1.82) is 0 Å². The molecule has 0 aliphatic heterocycles. The predicted molar refractivity (Wildman–Crippen MR) is 71.2 cm³/mol. The van der Waals surface area contributed by atoms with E-state index in [-0.39, 0.29) is 0 Å². The van der Waals surface area contributed by atoms with Crippen molar-refractivity contribution >= 4 is 11.3 Å². The molecule has 0 radical (unpaired) electrons. The van der Waals surface area contributed by atoms with Crippen LogP contribution in [0.4, 0.5) is 0 Å². The summed E-state index contributed by atoms with van der Waals surface area (Å²) in [5.74, 6) is 0.704. The third kappa shape index (κ3) is 2.39. The molecule has 0 unspecified atom stereocenters. The maximum absolute atomic E-state index is 4.79. The van der Waals surface area contributed by atoms with Crippen LogP contribution in [0.15, 0.2) is 29.9 Å². The van der Waals surface area contributed by atoms with Crippen LogP contribution in [0.5, 0.6) is 0 Å². The molecule has 88 valence electrons. The third-order valence-corrected chi connectivity index (χ3v) is 4.38. The van der Waals surface area contributed by atoms with Gasteiger partial charge in [0.2, 0.25) is 0 Å². The Bertz CT molecular complexity index is 472. The normalized spacial score (nSPS) is 17.2. The van der Waals surface area contributed by atoms with Crippen LogP contribution in [0, 0.1) is 0 Å². The molecule has 2 nitrogen and oxygen atoms in total. The molecular weight excluding hydrogens is 228 g/mol. The van der Waals surface area contributed by atoms with Gasteiger partial charge in [-0.15, -0.1) is 11.3 Å². The van der Waals surface area contributed by atoms with Crippen molar-refractivity contribution in [3.63, 3.8) is 0 Å². The van der Waals surface area contributed by atoms with E-state index < -0.39 is 0 Å². The van der Waals surface area contributed by atoms with E-state index in [0.29, 0.717) is 5.92 Å². The first-order chi connectivity index (χ1) is 8.43. The van der Waals surface area contributed by atoms with E-state index in [9.17, 15) is 0 Å². The molecule has 1 aliphatic carbocycles. The lowest BCUT2D eigenvalue weighted by Crippen LogP contribution is -2.04. The van der Waals surface area contributed by atoms with Gasteiger partial charge in [-0.3, -0.25) is 4.98 Å². The van der Waals surface area contributed by atoms with Crippen molar-refractivity contribution in [3.8, 4) is 10.6 Å². The van der Waals surface area contributed by atoms with Crippen LogP contribution >= 0.6 is 11.3 Å². The highest BCUT2D eigenvalue weighted by atomic mass is 32.1. The fourth-order valence-electron chi connectivity index (χ4n) is 2.50. The molecule has 1 fully saturated rings. The van der Waals surface area contributed by atoms with Crippen molar-refractivity contribution in [2.45, 2.75) is 38.0 Å². The van der Waals surface area contributed by atoms with Crippen LogP contribution < -0.4 is 0 Å². The highest BCUT2D eigenvalue weighted by molar-refractivity contribution is 7.13. The monoisotopic (exact) mass is 244 g/mol. The van der Waals surface area contributed by atoms with Gasteiger partial charge in [0.25, 0.3) is 0 Å². The summed E-state index contributed by atoms with van der Waals surface area (Å²) in [5, 5.41) is 3.37. The number of aromatic nitrogens is 2. The summed E-state index contributed by atoms with van der Waals surface area (Å²) in [6, 6.07) is 4.06. The summed E-state index contributed by atoms with van der Waals surface area (Å²) in [6.45, 7) is 0. The third-order valence-electron chi connectivity index (χ3n) is 3.47. The minimum absolute atomic E-state index is 0.704. The zero-order valence-corrected chi connectivity index (χ0v) is 10.6. The van der Waals surface area contributed by atoms with Crippen LogP contribution in [-0.4, -0.2) is 9.97 Å². The van der Waals surface area contributed by atoms with Gasteiger partial charge in [-0.1, -0.05) is 19.3 Å². The number of rotatable bonds is 2. The maximum Gasteiger partial charge on any atom is 0.123 e. The number of thiazole rings is 1. The van der Waals surface area contributed by atoms with Crippen LogP contribution in [0.3, 0.4) is 0 Å². The van der Waals surface area contributed by atoms with E-state index in [1.807, 2.05) is 24.5 Å². The molecule has 1 aliphatic rings. The van der Waals surface area contributed by atoms with Crippen LogP contribution in [0.25, 0.3) is 10.6 Å². The summed E-state index contributed by atoms with van der Waals surface area (Å²) in [4.78, 5) is 8.84. The van der Waals surface area contributed by atoms with Crippen molar-refractivity contribution in [2.75, 3.05) is 0 Å². The highest BCUT2D eigenvalue weighted by Gasteiger charge is 2.18. The van der Waals surface area contributed by atoms with Gasteiger partial charge in [0.05, 0.1) is 5.69 Å². The lowest BCUT2D eigenvalue weighted by Gasteiger charge is -2.19. The van der Waals surface area contributed by atoms with E-state index in [1.165, 1.54) is 43.4 Å². The van der Waals surface area contributed by atoms with Gasteiger partial charge in [-0.25, -0.2) is 4.98 Å². The standard InChI is InChI=1S/C14H16N2S/c1-2-4-11(5-3-1)13-10-17-14(16-13)12-6-8-15-9-7-12/h6-11H,1-5H2. The molecule has 0 N–H and O–H groups in total. The summed E-state index contributed by atoms with van der Waals surface area (Å²) >= 11 is 1.76. The lowest BCUT2D eigenvalue weighted by molar-refractivity contribution is 0.438. The molecule has 2 aromatic heterocycles. The number of nitrogens with zero attached hydrogens (tertiary/aromatic N) is 2. The Hall–Kier alpha value is -1.22. The Morgan fingerprint density at radius 2 is 1.82 bits per heavy atom. The van der Waals surface area contributed by atoms with E-state index in [0.717, 1.165) is 5.01 Å². The second kappa shape index (κ2) is 4.96. The first-order valence-electron chi connectivity index (χ1n) is 6.29. The minimum atomic E-state index is 0.704. The molecule has 0 bridgehead atoms. The van der Waals surface area contributed by atoms with Gasteiger partial charge >= 0.3 is 0 Å². The minimum Gasteiger partial charge on any atom is -0.265 e. The number of hydrogen-bond acceptors (Lipinski definition) is 3. The topological polar surface area (TPSA) is 25.8 Å². The predicted octanol–water partition coefficient (Wildman–Crippen LogP) is 4.25. The number of hydrogen-bond donors (Lipinski definition) is 0. The quantitative estimate of drug-likeness (QED) is 0.789. The van der Waals surface area contributed by atoms with Gasteiger partial charge in [-0.2, -0.15) is 0 Å². The van der Waals surface area contributed by atoms with E-state index in [2.05, 4.69) is 10.4 Å². The Morgan fingerprint density at radius 1 is 1.06 bits per heavy atom. The molecule has 0 spiro atoms. The molecule has 3 rings (SSSR count). The molecule has 0 atom stereocenters. The van der Waals surface area contributed by atoms with Crippen molar-refractivity contribution < 1.29 is 0 Å². The Balaban J connectivity index is 1.83. The molecule has 0 amide bonds. The maximum atomic E-state index is 4.79. The second-order valence-corrected chi connectivity index (χ2v) is 5.51. The molecule has 17 heavy (non-hydrogen) atoms. The fourth-order valence-corrected chi connectivity index (χ4v) is 3.41. The smallest absolute Gasteiger partial charge is 0.123 e. The van der Waals surface area contributed by atoms with Crippen LogP contribution in [0.2, 0.25) is 0 Å². The van der Waals surface area contributed by atoms with E-state index in [1.54, 1.807) is 11.3 Å². The van der Waals surface area contributed by atoms with Crippen molar-refractivity contribution in [3.05, 3.63) is 35.6 Å². The summed E-state index contributed by atoms with van der Waals surface area (Å²) in [6.07, 6.45) is 10.4. The van der Waals surface area contributed by atoms with Crippen LogP contribution in [-0.2, 0) is 0 Å². The molecule has 2 heterocycles. The van der Waals surface area contributed by atoms with Crippen molar-refractivity contribution in [2.24, 2.45) is 0 Å². The Kier molecular flexibility index (Phi) is 3.18. The average Bonchev–Trinajstić information content (AvgIpc) is 2.90. The Labute approximate surface area is 106 Å². The summed E-state index contributed by atoms with van der Waals surface area (Å²) < 4.78 is 0. The Morgan fingerprint density at radius 3 is 2.59 bits per heavy atom. The van der Waals surface area contributed by atoms with E-state index in [4.69, 9.17) is 4.98 Å². The lowest BCUT2D eigenvalue weighted by atomic mass is 9.87. The zero-order valence-electron chi connectivity index (χ0n) is 9.80. The van der Waals surface area contributed by atoms with Gasteiger partial charge in [0.1, 0.15) is 5.01 Å². The largest absolute Gasteiger partial charge is 0.265 e. The molecule has 0 saturated heterocycles.